The third kappa shape index (κ3) is 3.72. The van der Waals surface area contributed by atoms with Crippen LogP contribution in [0.5, 0.6) is 0 Å². The number of carbonyl (C=O) groups excluding carboxylic acids is 1. The van der Waals surface area contributed by atoms with Crippen LogP contribution >= 0.6 is 0 Å². The lowest BCUT2D eigenvalue weighted by molar-refractivity contribution is -0.113. The number of ketones is 1. The van der Waals surface area contributed by atoms with Crippen LogP contribution in [-0.2, 0) is 4.79 Å². The molecule has 0 N–H and O–H groups in total. The van der Waals surface area contributed by atoms with Gasteiger partial charge in [0.25, 0.3) is 0 Å². The average molecular weight is 138 g/mol. The normalized spacial score (nSPS) is 11.0. The standard InChI is InChI=1S/C7H10N2O/c1-6(7(2)10)4-9-5-8-3/h4-5H,1H2,2-3H3/b8-5-,9-4-. The maximum Gasteiger partial charge on any atom is 0.160 e. The number of hydrogen-bond acceptors (Lipinski definition) is 2. The molecule has 0 aliphatic carbocycles. The van der Waals surface area contributed by atoms with Gasteiger partial charge in [-0.05, 0) is 6.92 Å². The van der Waals surface area contributed by atoms with Crippen LogP contribution in [0, 0.1) is 0 Å². The molecule has 0 aliphatic heterocycles. The maximum absolute atomic E-state index is 10.5. The smallest absolute Gasteiger partial charge is 0.160 e. The molecule has 3 nitrogen and oxygen atoms in total. The molecule has 3 heteroatoms. The average Bonchev–Trinajstić information content (AvgIpc) is 1.88. The Hall–Kier alpha value is -1.25. The van der Waals surface area contributed by atoms with E-state index >= 15 is 0 Å². The first-order valence-electron chi connectivity index (χ1n) is 2.82. The van der Waals surface area contributed by atoms with Crippen LogP contribution in [0.4, 0.5) is 0 Å². The van der Waals surface area contributed by atoms with Crippen molar-refractivity contribution in [2.75, 3.05) is 7.05 Å². The summed E-state index contributed by atoms with van der Waals surface area (Å²) in [7, 11) is 1.61. The summed E-state index contributed by atoms with van der Waals surface area (Å²) < 4.78 is 0. The number of rotatable bonds is 3. The molecule has 0 saturated heterocycles. The Balaban J connectivity index is 3.90. The fraction of sp³-hybridized carbons (Fsp3) is 0.286. The summed E-state index contributed by atoms with van der Waals surface area (Å²) >= 11 is 0. The molecule has 0 aromatic rings. The zero-order valence-electron chi connectivity index (χ0n) is 6.16. The van der Waals surface area contributed by atoms with Gasteiger partial charge in [0.1, 0.15) is 6.34 Å². The van der Waals surface area contributed by atoms with E-state index in [0.717, 1.165) is 0 Å². The molecule has 0 saturated carbocycles. The molecule has 54 valence electrons. The number of allylic oxidation sites excluding steroid dienone is 1. The quantitative estimate of drug-likeness (QED) is 0.324. The lowest BCUT2D eigenvalue weighted by Gasteiger charge is -1.85. The molecule has 0 radical (unpaired) electrons. The van der Waals surface area contributed by atoms with Crippen molar-refractivity contribution in [1.29, 1.82) is 0 Å². The molecule has 0 amide bonds. The van der Waals surface area contributed by atoms with Gasteiger partial charge < -0.3 is 0 Å². The molecule has 0 bridgehead atoms. The molecule has 0 spiro atoms. The highest BCUT2D eigenvalue weighted by atomic mass is 16.1. The fourth-order valence-electron chi connectivity index (χ4n) is 0.281. The SMILES string of the molecule is C=C(/C=N\C=N/C)C(C)=O. The van der Waals surface area contributed by atoms with Crippen molar-refractivity contribution in [3.8, 4) is 0 Å². The predicted molar refractivity (Wildman–Crippen MR) is 42.7 cm³/mol. The summed E-state index contributed by atoms with van der Waals surface area (Å²) in [6.07, 6.45) is 2.74. The lowest BCUT2D eigenvalue weighted by Crippen LogP contribution is -1.95. The summed E-state index contributed by atoms with van der Waals surface area (Å²) in [6.45, 7) is 4.91. The molecule has 10 heavy (non-hydrogen) atoms. The summed E-state index contributed by atoms with van der Waals surface area (Å²) in [5.41, 5.74) is 0.389. The van der Waals surface area contributed by atoms with Gasteiger partial charge in [0.2, 0.25) is 0 Å². The molecule has 0 heterocycles. The Kier molecular flexibility index (Phi) is 4.04. The van der Waals surface area contributed by atoms with Crippen molar-refractivity contribution in [2.24, 2.45) is 9.98 Å². The van der Waals surface area contributed by atoms with Crippen LogP contribution in [0.15, 0.2) is 22.1 Å². The van der Waals surface area contributed by atoms with Crippen LogP contribution in [0.1, 0.15) is 6.92 Å². The minimum absolute atomic E-state index is 0.0757. The lowest BCUT2D eigenvalue weighted by atomic mass is 10.2. The number of nitrogens with zero attached hydrogens (tertiary/aromatic N) is 2. The van der Waals surface area contributed by atoms with Gasteiger partial charge >= 0.3 is 0 Å². The van der Waals surface area contributed by atoms with Gasteiger partial charge in [-0.3, -0.25) is 9.79 Å². The minimum atomic E-state index is -0.0757. The molecule has 0 aliphatic rings. The first-order chi connectivity index (χ1) is 4.68. The highest BCUT2D eigenvalue weighted by molar-refractivity contribution is 6.12. The summed E-state index contributed by atoms with van der Waals surface area (Å²) in [5.74, 6) is -0.0757. The van der Waals surface area contributed by atoms with E-state index in [1.807, 2.05) is 0 Å². The monoisotopic (exact) mass is 138 g/mol. The highest BCUT2D eigenvalue weighted by Gasteiger charge is 1.92. The summed E-state index contributed by atoms with van der Waals surface area (Å²) in [4.78, 5) is 17.8. The zero-order valence-corrected chi connectivity index (χ0v) is 6.16. The van der Waals surface area contributed by atoms with E-state index in [-0.39, 0.29) is 5.78 Å². The molecule has 0 aromatic carbocycles. The Bertz CT molecular complexity index is 192. The summed E-state index contributed by atoms with van der Waals surface area (Å²) in [5, 5.41) is 0. The van der Waals surface area contributed by atoms with Gasteiger partial charge in [0, 0.05) is 18.8 Å². The molecular formula is C7H10N2O. The third-order valence-electron chi connectivity index (χ3n) is 0.865. The van der Waals surface area contributed by atoms with E-state index in [0.29, 0.717) is 5.57 Å². The fourth-order valence-corrected chi connectivity index (χ4v) is 0.281. The Morgan fingerprint density at radius 3 is 2.60 bits per heavy atom. The summed E-state index contributed by atoms with van der Waals surface area (Å²) in [6, 6.07) is 0. The van der Waals surface area contributed by atoms with Crippen molar-refractivity contribution in [2.45, 2.75) is 6.92 Å². The van der Waals surface area contributed by atoms with Gasteiger partial charge in [0.05, 0.1) is 0 Å². The van der Waals surface area contributed by atoms with Crippen LogP contribution in [0.3, 0.4) is 0 Å². The van der Waals surface area contributed by atoms with Gasteiger partial charge in [0.15, 0.2) is 5.78 Å². The second kappa shape index (κ2) is 4.61. The molecule has 0 aromatic heterocycles. The van der Waals surface area contributed by atoms with Crippen LogP contribution in [0.25, 0.3) is 0 Å². The third-order valence-corrected chi connectivity index (χ3v) is 0.865. The Labute approximate surface area is 60.2 Å². The molecule has 0 rings (SSSR count). The number of carbonyl (C=O) groups is 1. The second-order valence-electron chi connectivity index (χ2n) is 1.73. The van der Waals surface area contributed by atoms with Gasteiger partial charge in [-0.2, -0.15) is 0 Å². The molecular weight excluding hydrogens is 128 g/mol. The largest absolute Gasteiger partial charge is 0.294 e. The van der Waals surface area contributed by atoms with Crippen molar-refractivity contribution in [1.82, 2.24) is 0 Å². The van der Waals surface area contributed by atoms with E-state index in [1.54, 1.807) is 7.05 Å². The van der Waals surface area contributed by atoms with E-state index < -0.39 is 0 Å². The van der Waals surface area contributed by atoms with Gasteiger partial charge in [-0.15, -0.1) is 0 Å². The molecule has 0 atom stereocenters. The highest BCUT2D eigenvalue weighted by Crippen LogP contribution is 1.84. The first kappa shape index (κ1) is 8.75. The number of aliphatic imine (C=N–C) groups is 2. The van der Waals surface area contributed by atoms with Crippen molar-refractivity contribution >= 4 is 18.3 Å². The van der Waals surface area contributed by atoms with Gasteiger partial charge in [-0.1, -0.05) is 6.58 Å². The van der Waals surface area contributed by atoms with Crippen LogP contribution in [-0.4, -0.2) is 25.4 Å². The predicted octanol–water partition coefficient (Wildman–Crippen LogP) is 0.861. The van der Waals surface area contributed by atoms with E-state index in [1.165, 1.54) is 19.5 Å². The Morgan fingerprint density at radius 1 is 1.60 bits per heavy atom. The van der Waals surface area contributed by atoms with E-state index in [4.69, 9.17) is 0 Å². The molecule has 0 fully saturated rings. The number of Topliss-reactive ketones (excluding diaryl/α,β-unsaturated/α-hetero) is 1. The zero-order chi connectivity index (χ0) is 7.98. The van der Waals surface area contributed by atoms with E-state index in [2.05, 4.69) is 16.6 Å². The first-order valence-corrected chi connectivity index (χ1v) is 2.82. The Morgan fingerprint density at radius 2 is 2.20 bits per heavy atom. The van der Waals surface area contributed by atoms with Crippen molar-refractivity contribution in [3.63, 3.8) is 0 Å². The number of hydrogen-bond donors (Lipinski definition) is 0. The van der Waals surface area contributed by atoms with Crippen LogP contribution < -0.4 is 0 Å². The maximum atomic E-state index is 10.5. The van der Waals surface area contributed by atoms with Gasteiger partial charge in [-0.25, -0.2) is 4.99 Å². The second-order valence-corrected chi connectivity index (χ2v) is 1.73. The van der Waals surface area contributed by atoms with E-state index in [9.17, 15) is 4.79 Å². The van der Waals surface area contributed by atoms with Crippen molar-refractivity contribution < 1.29 is 4.79 Å². The van der Waals surface area contributed by atoms with Crippen molar-refractivity contribution in [3.05, 3.63) is 12.2 Å². The molecule has 0 unspecified atom stereocenters. The topological polar surface area (TPSA) is 41.8 Å². The van der Waals surface area contributed by atoms with Crippen LogP contribution in [0.2, 0.25) is 0 Å². The minimum Gasteiger partial charge on any atom is -0.294 e.